The van der Waals surface area contributed by atoms with Crippen molar-refractivity contribution in [3.63, 3.8) is 0 Å². The molecule has 5 heteroatoms. The number of benzene rings is 1. The second-order valence-corrected chi connectivity index (χ2v) is 4.39. The Balaban J connectivity index is 2.37. The van der Waals surface area contributed by atoms with Gasteiger partial charge < -0.3 is 20.7 Å². The summed E-state index contributed by atoms with van der Waals surface area (Å²) in [6.45, 7) is 5.02. The average molecular weight is 251 g/mol. The van der Waals surface area contributed by atoms with E-state index in [0.717, 1.165) is 5.69 Å². The van der Waals surface area contributed by atoms with Crippen molar-refractivity contribution < 1.29 is 9.53 Å². The van der Waals surface area contributed by atoms with Crippen LogP contribution in [-0.2, 0) is 4.74 Å². The van der Waals surface area contributed by atoms with Crippen molar-refractivity contribution in [2.24, 2.45) is 0 Å². The predicted octanol–water partition coefficient (Wildman–Crippen LogP) is 2.16. The number of nitrogens with zero attached hydrogens (tertiary/aromatic N) is 1. The van der Waals surface area contributed by atoms with Crippen LogP contribution in [0.1, 0.15) is 13.8 Å². The van der Waals surface area contributed by atoms with Crippen molar-refractivity contribution in [1.29, 1.82) is 0 Å². The standard InChI is InChI=1S/C13H21N3O2/c1-10(2)18-9-8-16(3)13(17)15-12-6-4-11(14)5-7-12/h4-7,10H,8-9,14H2,1-3H3,(H,15,17). The molecule has 0 aliphatic carbocycles. The minimum atomic E-state index is -0.160. The normalized spacial score (nSPS) is 10.4. The van der Waals surface area contributed by atoms with E-state index in [2.05, 4.69) is 5.32 Å². The molecule has 5 nitrogen and oxygen atoms in total. The topological polar surface area (TPSA) is 67.6 Å². The Morgan fingerprint density at radius 2 is 2.00 bits per heavy atom. The largest absolute Gasteiger partial charge is 0.399 e. The summed E-state index contributed by atoms with van der Waals surface area (Å²) in [5, 5.41) is 2.78. The fraction of sp³-hybridized carbons (Fsp3) is 0.462. The van der Waals surface area contributed by atoms with E-state index in [0.29, 0.717) is 18.8 Å². The van der Waals surface area contributed by atoms with E-state index in [-0.39, 0.29) is 12.1 Å². The van der Waals surface area contributed by atoms with Gasteiger partial charge in [-0.15, -0.1) is 0 Å². The van der Waals surface area contributed by atoms with Crippen LogP contribution in [0.25, 0.3) is 0 Å². The number of urea groups is 1. The molecule has 0 fully saturated rings. The number of anilines is 2. The Morgan fingerprint density at radius 1 is 1.39 bits per heavy atom. The van der Waals surface area contributed by atoms with E-state index < -0.39 is 0 Å². The molecule has 0 aliphatic rings. The molecule has 0 bridgehead atoms. The first kappa shape index (κ1) is 14.3. The summed E-state index contributed by atoms with van der Waals surface area (Å²) in [6.07, 6.45) is 0.179. The highest BCUT2D eigenvalue weighted by atomic mass is 16.5. The molecule has 3 N–H and O–H groups in total. The second-order valence-electron chi connectivity index (χ2n) is 4.39. The van der Waals surface area contributed by atoms with E-state index in [1.165, 1.54) is 0 Å². The number of carbonyl (C=O) groups is 1. The van der Waals surface area contributed by atoms with E-state index >= 15 is 0 Å². The molecule has 0 saturated heterocycles. The van der Waals surface area contributed by atoms with Gasteiger partial charge in [-0.3, -0.25) is 0 Å². The van der Waals surface area contributed by atoms with Crippen molar-refractivity contribution in [3.05, 3.63) is 24.3 Å². The van der Waals surface area contributed by atoms with Crippen LogP contribution in [0.3, 0.4) is 0 Å². The van der Waals surface area contributed by atoms with Crippen molar-refractivity contribution in [1.82, 2.24) is 4.90 Å². The number of nitrogens with two attached hydrogens (primary N) is 1. The summed E-state index contributed by atoms with van der Waals surface area (Å²) in [6, 6.07) is 6.87. The molecule has 1 aromatic carbocycles. The van der Waals surface area contributed by atoms with Crippen LogP contribution in [-0.4, -0.2) is 37.2 Å². The van der Waals surface area contributed by atoms with Crippen molar-refractivity contribution in [3.8, 4) is 0 Å². The highest BCUT2D eigenvalue weighted by Gasteiger charge is 2.08. The van der Waals surface area contributed by atoms with Crippen LogP contribution in [0.4, 0.5) is 16.2 Å². The SMILES string of the molecule is CC(C)OCCN(C)C(=O)Nc1ccc(N)cc1. The summed E-state index contributed by atoms with van der Waals surface area (Å²) in [7, 11) is 1.73. The number of likely N-dealkylation sites (N-methyl/N-ethyl adjacent to an activating group) is 1. The molecule has 0 aliphatic heterocycles. The Labute approximate surface area is 108 Å². The number of hydrogen-bond donors (Lipinski definition) is 2. The predicted molar refractivity (Wildman–Crippen MR) is 73.6 cm³/mol. The summed E-state index contributed by atoms with van der Waals surface area (Å²) >= 11 is 0. The fourth-order valence-corrected chi connectivity index (χ4v) is 1.31. The highest BCUT2D eigenvalue weighted by Crippen LogP contribution is 2.10. The van der Waals surface area contributed by atoms with Gasteiger partial charge in [0, 0.05) is 25.0 Å². The lowest BCUT2D eigenvalue weighted by molar-refractivity contribution is 0.0691. The van der Waals surface area contributed by atoms with Gasteiger partial charge in [-0.2, -0.15) is 0 Å². The number of nitrogen functional groups attached to an aromatic ring is 1. The van der Waals surface area contributed by atoms with Crippen molar-refractivity contribution in [2.45, 2.75) is 20.0 Å². The molecule has 0 aromatic heterocycles. The maximum absolute atomic E-state index is 11.8. The number of nitrogens with one attached hydrogen (secondary N) is 1. The van der Waals surface area contributed by atoms with Crippen molar-refractivity contribution in [2.75, 3.05) is 31.2 Å². The molecule has 0 radical (unpaired) electrons. The monoisotopic (exact) mass is 251 g/mol. The van der Waals surface area contributed by atoms with Crippen LogP contribution in [0, 0.1) is 0 Å². The molecule has 1 aromatic rings. The van der Waals surface area contributed by atoms with Crippen LogP contribution < -0.4 is 11.1 Å². The fourth-order valence-electron chi connectivity index (χ4n) is 1.31. The van der Waals surface area contributed by atoms with Gasteiger partial charge >= 0.3 is 6.03 Å². The van der Waals surface area contributed by atoms with Crippen LogP contribution in [0.15, 0.2) is 24.3 Å². The average Bonchev–Trinajstić information content (AvgIpc) is 2.31. The zero-order valence-electron chi connectivity index (χ0n) is 11.1. The molecular formula is C13H21N3O2. The summed E-state index contributed by atoms with van der Waals surface area (Å²) in [5.41, 5.74) is 6.97. The first-order chi connectivity index (χ1) is 8.49. The number of ether oxygens (including phenoxy) is 1. The van der Waals surface area contributed by atoms with E-state index in [9.17, 15) is 4.79 Å². The lowest BCUT2D eigenvalue weighted by Gasteiger charge is -2.18. The summed E-state index contributed by atoms with van der Waals surface area (Å²) in [4.78, 5) is 13.4. The number of hydrogen-bond acceptors (Lipinski definition) is 3. The lowest BCUT2D eigenvalue weighted by atomic mass is 10.3. The van der Waals surface area contributed by atoms with E-state index in [1.54, 1.807) is 36.2 Å². The number of rotatable bonds is 5. The smallest absolute Gasteiger partial charge is 0.321 e. The Hall–Kier alpha value is -1.75. The molecule has 1 rings (SSSR count). The highest BCUT2D eigenvalue weighted by molar-refractivity contribution is 5.89. The second kappa shape index (κ2) is 6.86. The van der Waals surface area contributed by atoms with E-state index in [1.807, 2.05) is 13.8 Å². The maximum atomic E-state index is 11.8. The van der Waals surface area contributed by atoms with Crippen LogP contribution >= 0.6 is 0 Å². The Bertz CT molecular complexity index is 376. The first-order valence-corrected chi connectivity index (χ1v) is 5.98. The number of amides is 2. The zero-order valence-corrected chi connectivity index (χ0v) is 11.1. The maximum Gasteiger partial charge on any atom is 0.321 e. The molecule has 0 heterocycles. The van der Waals surface area contributed by atoms with Crippen LogP contribution in [0.5, 0.6) is 0 Å². The third kappa shape index (κ3) is 5.05. The minimum Gasteiger partial charge on any atom is -0.399 e. The van der Waals surface area contributed by atoms with Crippen molar-refractivity contribution >= 4 is 17.4 Å². The Kier molecular flexibility index (Phi) is 5.45. The van der Waals surface area contributed by atoms with Gasteiger partial charge in [-0.1, -0.05) is 0 Å². The third-order valence-electron chi connectivity index (χ3n) is 2.39. The molecule has 2 amide bonds. The van der Waals surface area contributed by atoms with Gasteiger partial charge in [0.05, 0.1) is 12.7 Å². The third-order valence-corrected chi connectivity index (χ3v) is 2.39. The molecular weight excluding hydrogens is 230 g/mol. The Morgan fingerprint density at radius 3 is 2.56 bits per heavy atom. The van der Waals surface area contributed by atoms with Gasteiger partial charge in [0.15, 0.2) is 0 Å². The van der Waals surface area contributed by atoms with E-state index in [4.69, 9.17) is 10.5 Å². The molecule has 18 heavy (non-hydrogen) atoms. The van der Waals surface area contributed by atoms with Gasteiger partial charge in [0.25, 0.3) is 0 Å². The van der Waals surface area contributed by atoms with Gasteiger partial charge in [-0.05, 0) is 38.1 Å². The number of carbonyl (C=O) groups excluding carboxylic acids is 1. The van der Waals surface area contributed by atoms with Crippen LogP contribution in [0.2, 0.25) is 0 Å². The summed E-state index contributed by atoms with van der Waals surface area (Å²) < 4.78 is 5.39. The van der Waals surface area contributed by atoms with Gasteiger partial charge in [0.2, 0.25) is 0 Å². The molecule has 0 saturated carbocycles. The molecule has 100 valence electrons. The zero-order chi connectivity index (χ0) is 13.5. The first-order valence-electron chi connectivity index (χ1n) is 5.98. The van der Waals surface area contributed by atoms with Gasteiger partial charge in [-0.25, -0.2) is 4.79 Å². The minimum absolute atomic E-state index is 0.160. The summed E-state index contributed by atoms with van der Waals surface area (Å²) in [5.74, 6) is 0. The van der Waals surface area contributed by atoms with Gasteiger partial charge in [0.1, 0.15) is 0 Å². The quantitative estimate of drug-likeness (QED) is 0.788. The molecule has 0 unspecified atom stereocenters. The molecule has 0 spiro atoms. The molecule has 0 atom stereocenters. The lowest BCUT2D eigenvalue weighted by Crippen LogP contribution is -2.34.